The average Bonchev–Trinajstić information content (AvgIpc) is 2.48. The molecule has 3 nitrogen and oxygen atoms in total. The maximum atomic E-state index is 11.8. The van der Waals surface area contributed by atoms with Crippen molar-refractivity contribution in [1.29, 1.82) is 0 Å². The fourth-order valence-corrected chi connectivity index (χ4v) is 2.22. The van der Waals surface area contributed by atoms with Crippen LogP contribution in [0.3, 0.4) is 0 Å². The lowest BCUT2D eigenvalue weighted by Gasteiger charge is -2.28. The van der Waals surface area contributed by atoms with Gasteiger partial charge in [-0.1, -0.05) is 60.7 Å². The van der Waals surface area contributed by atoms with Crippen LogP contribution in [0, 0.1) is 0 Å². The van der Waals surface area contributed by atoms with Gasteiger partial charge >= 0.3 is 6.09 Å². The molecule has 0 saturated carbocycles. The number of rotatable bonds is 5. The van der Waals surface area contributed by atoms with E-state index in [9.17, 15) is 9.90 Å². The zero-order valence-corrected chi connectivity index (χ0v) is 11.3. The highest BCUT2D eigenvalue weighted by atomic mass is 16.4. The lowest BCUT2D eigenvalue weighted by Crippen LogP contribution is -2.45. The number of carboxylic acid groups (broad SMARTS) is 1. The molecule has 2 aromatic rings. The summed E-state index contributed by atoms with van der Waals surface area (Å²) in [7, 11) is 0. The van der Waals surface area contributed by atoms with Gasteiger partial charge < -0.3 is 5.11 Å². The second-order valence-electron chi connectivity index (χ2n) is 4.79. The van der Waals surface area contributed by atoms with E-state index in [4.69, 9.17) is 0 Å². The summed E-state index contributed by atoms with van der Waals surface area (Å²) in [6.07, 6.45) is 0.607. The van der Waals surface area contributed by atoms with Crippen LogP contribution >= 0.6 is 0 Å². The minimum Gasteiger partial charge on any atom is -0.435 e. The van der Waals surface area contributed by atoms with Crippen molar-refractivity contribution in [1.82, 2.24) is 0 Å². The molecule has 0 spiro atoms. The maximum absolute atomic E-state index is 11.8. The van der Waals surface area contributed by atoms with Gasteiger partial charge in [0, 0.05) is 11.1 Å². The highest BCUT2D eigenvalue weighted by molar-refractivity contribution is 5.57. The van der Waals surface area contributed by atoms with Crippen LogP contribution in [0.5, 0.6) is 0 Å². The first kappa shape index (κ1) is 14.0. The van der Waals surface area contributed by atoms with Crippen molar-refractivity contribution in [3.63, 3.8) is 0 Å². The molecule has 102 valence electrons. The highest BCUT2D eigenvalue weighted by Gasteiger charge is 2.34. The van der Waals surface area contributed by atoms with E-state index in [1.165, 1.54) is 6.20 Å². The number of quaternary nitrogens is 1. The van der Waals surface area contributed by atoms with Gasteiger partial charge in [0.05, 0.1) is 6.20 Å². The van der Waals surface area contributed by atoms with Crippen molar-refractivity contribution in [3.8, 4) is 0 Å². The van der Waals surface area contributed by atoms with Crippen molar-refractivity contribution < 1.29 is 14.4 Å². The molecule has 0 aromatic heterocycles. The van der Waals surface area contributed by atoms with Crippen LogP contribution in [0.4, 0.5) is 4.79 Å². The lowest BCUT2D eigenvalue weighted by atomic mass is 10.1. The average molecular weight is 268 g/mol. The van der Waals surface area contributed by atoms with Crippen molar-refractivity contribution in [2.75, 3.05) is 0 Å². The second kappa shape index (κ2) is 6.17. The minimum atomic E-state index is -0.896. The Bertz CT molecular complexity index is 537. The summed E-state index contributed by atoms with van der Waals surface area (Å²) in [5.41, 5.74) is 1.96. The van der Waals surface area contributed by atoms with E-state index in [0.29, 0.717) is 13.1 Å². The van der Waals surface area contributed by atoms with Crippen LogP contribution in [0.1, 0.15) is 11.1 Å². The summed E-state index contributed by atoms with van der Waals surface area (Å²) in [4.78, 5) is 11.8. The molecule has 0 unspecified atom stereocenters. The molecule has 0 radical (unpaired) electrons. The lowest BCUT2D eigenvalue weighted by molar-refractivity contribution is -0.833. The fourth-order valence-electron chi connectivity index (χ4n) is 2.22. The first-order valence-electron chi connectivity index (χ1n) is 6.48. The Morgan fingerprint density at radius 3 is 1.65 bits per heavy atom. The van der Waals surface area contributed by atoms with Gasteiger partial charge in [-0.15, -0.1) is 0 Å². The van der Waals surface area contributed by atoms with E-state index in [-0.39, 0.29) is 4.48 Å². The minimum absolute atomic E-state index is 0.214. The molecule has 2 rings (SSSR count). The van der Waals surface area contributed by atoms with E-state index in [1.54, 1.807) is 0 Å². The topological polar surface area (TPSA) is 37.3 Å². The Hall–Kier alpha value is -2.39. The number of amides is 1. The molecular formula is C17H18NO2+. The van der Waals surface area contributed by atoms with E-state index < -0.39 is 6.09 Å². The number of hydrogen-bond acceptors (Lipinski definition) is 1. The van der Waals surface area contributed by atoms with Crippen molar-refractivity contribution in [3.05, 3.63) is 84.6 Å². The first-order chi connectivity index (χ1) is 9.66. The van der Waals surface area contributed by atoms with E-state index in [1.807, 2.05) is 60.7 Å². The molecular weight excluding hydrogens is 250 g/mol. The molecule has 2 aromatic carbocycles. The molecule has 0 bridgehead atoms. The Labute approximate surface area is 119 Å². The Kier molecular flexibility index (Phi) is 4.33. The quantitative estimate of drug-likeness (QED) is 0.831. The Balaban J connectivity index is 2.30. The van der Waals surface area contributed by atoms with E-state index in [2.05, 4.69) is 6.58 Å². The van der Waals surface area contributed by atoms with E-state index >= 15 is 0 Å². The zero-order valence-electron chi connectivity index (χ0n) is 11.3. The standard InChI is InChI=1S/C17H17NO2/c1-2-18(17(19)20,13-15-9-5-3-6-10-15)14-16-11-7-4-8-12-16/h2-12H,1,13-14H2/p+1. The fraction of sp³-hybridized carbons (Fsp3) is 0.118. The molecule has 1 amide bonds. The van der Waals surface area contributed by atoms with Crippen LogP contribution in [0.2, 0.25) is 0 Å². The van der Waals surface area contributed by atoms with Gasteiger partial charge in [0.2, 0.25) is 0 Å². The maximum Gasteiger partial charge on any atom is 0.518 e. The Morgan fingerprint density at radius 1 is 0.950 bits per heavy atom. The van der Waals surface area contributed by atoms with Crippen molar-refractivity contribution in [2.24, 2.45) is 0 Å². The third-order valence-electron chi connectivity index (χ3n) is 3.35. The largest absolute Gasteiger partial charge is 0.518 e. The van der Waals surface area contributed by atoms with Gasteiger partial charge in [0.25, 0.3) is 0 Å². The van der Waals surface area contributed by atoms with Crippen molar-refractivity contribution >= 4 is 6.09 Å². The molecule has 1 N–H and O–H groups in total. The van der Waals surface area contributed by atoms with E-state index in [0.717, 1.165) is 11.1 Å². The molecule has 0 fully saturated rings. The molecule has 0 aliphatic carbocycles. The predicted octanol–water partition coefficient (Wildman–Crippen LogP) is 4.03. The van der Waals surface area contributed by atoms with Gasteiger partial charge in [0.1, 0.15) is 13.1 Å². The van der Waals surface area contributed by atoms with Crippen LogP contribution in [-0.2, 0) is 13.1 Å². The molecule has 3 heteroatoms. The van der Waals surface area contributed by atoms with Crippen LogP contribution in [0.15, 0.2) is 73.4 Å². The first-order valence-corrected chi connectivity index (χ1v) is 6.48. The van der Waals surface area contributed by atoms with Gasteiger partial charge in [-0.25, -0.2) is 0 Å². The number of nitrogens with zero attached hydrogens (tertiary/aromatic N) is 1. The Morgan fingerprint density at radius 2 is 1.35 bits per heavy atom. The summed E-state index contributed by atoms with van der Waals surface area (Å²) >= 11 is 0. The molecule has 0 atom stereocenters. The molecule has 0 saturated heterocycles. The SMILES string of the molecule is C=C[N+](Cc1ccccc1)(Cc1ccccc1)C(=O)O. The normalized spacial score (nSPS) is 11.0. The summed E-state index contributed by atoms with van der Waals surface area (Å²) in [6, 6.07) is 19.2. The third-order valence-corrected chi connectivity index (χ3v) is 3.35. The monoisotopic (exact) mass is 268 g/mol. The summed E-state index contributed by atoms with van der Waals surface area (Å²) in [5, 5.41) is 9.65. The third kappa shape index (κ3) is 3.13. The molecule has 0 heterocycles. The van der Waals surface area contributed by atoms with Gasteiger partial charge in [-0.3, -0.25) is 0 Å². The summed E-state index contributed by atoms with van der Waals surface area (Å²) in [6.45, 7) is 4.51. The van der Waals surface area contributed by atoms with Crippen LogP contribution in [-0.4, -0.2) is 15.7 Å². The highest BCUT2D eigenvalue weighted by Crippen LogP contribution is 2.21. The summed E-state index contributed by atoms with van der Waals surface area (Å²) < 4.78 is -0.214. The van der Waals surface area contributed by atoms with Crippen LogP contribution in [0.25, 0.3) is 0 Å². The summed E-state index contributed by atoms with van der Waals surface area (Å²) in [5.74, 6) is 0. The van der Waals surface area contributed by atoms with Gasteiger partial charge in [-0.05, 0) is 6.58 Å². The zero-order chi connectivity index (χ0) is 14.4. The molecule has 20 heavy (non-hydrogen) atoms. The van der Waals surface area contributed by atoms with Crippen molar-refractivity contribution in [2.45, 2.75) is 13.1 Å². The number of hydrogen-bond donors (Lipinski definition) is 1. The number of carbonyl (C=O) groups is 1. The van der Waals surface area contributed by atoms with Gasteiger partial charge in [0.15, 0.2) is 0 Å². The predicted molar refractivity (Wildman–Crippen MR) is 78.8 cm³/mol. The number of benzene rings is 2. The molecule has 0 aliphatic rings. The second-order valence-corrected chi connectivity index (χ2v) is 4.79. The van der Waals surface area contributed by atoms with Crippen LogP contribution < -0.4 is 0 Å². The smallest absolute Gasteiger partial charge is 0.435 e. The molecule has 0 aliphatic heterocycles. The van der Waals surface area contributed by atoms with Gasteiger partial charge in [-0.2, -0.15) is 9.28 Å².